The SMILES string of the molecule is Nc1c(C(=O)NCCCCCO)sc2ncccc12. The quantitative estimate of drug-likeness (QED) is 0.703. The lowest BCUT2D eigenvalue weighted by Gasteiger charge is -2.03. The van der Waals surface area contributed by atoms with E-state index >= 15 is 0 Å². The number of hydrogen-bond donors (Lipinski definition) is 3. The molecule has 0 unspecified atom stereocenters. The van der Waals surface area contributed by atoms with Gasteiger partial charge in [-0.05, 0) is 31.4 Å². The minimum atomic E-state index is -0.149. The number of nitrogens with two attached hydrogens (primary N) is 1. The van der Waals surface area contributed by atoms with Gasteiger partial charge in [0.15, 0.2) is 0 Å². The summed E-state index contributed by atoms with van der Waals surface area (Å²) >= 11 is 1.31. The third kappa shape index (κ3) is 3.21. The summed E-state index contributed by atoms with van der Waals surface area (Å²) in [7, 11) is 0. The highest BCUT2D eigenvalue weighted by Crippen LogP contribution is 2.31. The Hall–Kier alpha value is -1.66. The van der Waals surface area contributed by atoms with Crippen molar-refractivity contribution in [2.75, 3.05) is 18.9 Å². The number of carbonyl (C=O) groups is 1. The molecule has 19 heavy (non-hydrogen) atoms. The van der Waals surface area contributed by atoms with Crippen molar-refractivity contribution in [3.8, 4) is 0 Å². The van der Waals surface area contributed by atoms with Crippen molar-refractivity contribution < 1.29 is 9.90 Å². The zero-order valence-electron chi connectivity index (χ0n) is 10.6. The molecule has 2 rings (SSSR count). The fourth-order valence-electron chi connectivity index (χ4n) is 1.82. The maximum absolute atomic E-state index is 12.0. The summed E-state index contributed by atoms with van der Waals surface area (Å²) in [4.78, 5) is 17.5. The van der Waals surface area contributed by atoms with Crippen LogP contribution in [0.1, 0.15) is 28.9 Å². The van der Waals surface area contributed by atoms with E-state index in [4.69, 9.17) is 10.8 Å². The number of anilines is 1. The highest BCUT2D eigenvalue weighted by Gasteiger charge is 2.16. The zero-order chi connectivity index (χ0) is 13.7. The van der Waals surface area contributed by atoms with Crippen LogP contribution in [0.3, 0.4) is 0 Å². The Morgan fingerprint density at radius 1 is 1.42 bits per heavy atom. The van der Waals surface area contributed by atoms with Crippen molar-refractivity contribution in [2.45, 2.75) is 19.3 Å². The standard InChI is InChI=1S/C13H17N3O2S/c14-10-9-5-4-7-16-13(9)19-11(10)12(18)15-6-2-1-3-8-17/h4-5,7,17H,1-3,6,8,14H2,(H,15,18). The number of fused-ring (bicyclic) bond motifs is 1. The fourth-order valence-corrected chi connectivity index (χ4v) is 2.80. The monoisotopic (exact) mass is 279 g/mol. The summed E-state index contributed by atoms with van der Waals surface area (Å²) in [5, 5.41) is 12.3. The first-order valence-electron chi connectivity index (χ1n) is 6.26. The molecule has 0 spiro atoms. The number of pyridine rings is 1. The second-order valence-electron chi connectivity index (χ2n) is 4.24. The van der Waals surface area contributed by atoms with Gasteiger partial charge in [0.2, 0.25) is 0 Å². The fraction of sp³-hybridized carbons (Fsp3) is 0.385. The number of unbranched alkanes of at least 4 members (excludes halogenated alkanes) is 2. The Labute approximate surface area is 115 Å². The van der Waals surface area contributed by atoms with Crippen LogP contribution in [0, 0.1) is 0 Å². The maximum Gasteiger partial charge on any atom is 0.263 e. The van der Waals surface area contributed by atoms with Crippen LogP contribution < -0.4 is 11.1 Å². The van der Waals surface area contributed by atoms with Crippen LogP contribution in [-0.2, 0) is 0 Å². The van der Waals surface area contributed by atoms with E-state index in [9.17, 15) is 4.79 Å². The van der Waals surface area contributed by atoms with Crippen LogP contribution >= 0.6 is 11.3 Å². The molecule has 0 aromatic carbocycles. The van der Waals surface area contributed by atoms with Gasteiger partial charge in [-0.3, -0.25) is 4.79 Å². The lowest BCUT2D eigenvalue weighted by Crippen LogP contribution is -2.24. The van der Waals surface area contributed by atoms with Crippen LogP contribution in [0.25, 0.3) is 10.2 Å². The Bertz CT molecular complexity index is 568. The van der Waals surface area contributed by atoms with Gasteiger partial charge in [0.25, 0.3) is 5.91 Å². The lowest BCUT2D eigenvalue weighted by atomic mass is 10.2. The molecule has 0 aliphatic rings. The minimum absolute atomic E-state index is 0.149. The third-order valence-electron chi connectivity index (χ3n) is 2.83. The molecule has 0 saturated carbocycles. The van der Waals surface area contributed by atoms with Crippen molar-refractivity contribution in [1.29, 1.82) is 0 Å². The molecule has 2 aromatic rings. The molecular formula is C13H17N3O2S. The van der Waals surface area contributed by atoms with E-state index in [0.717, 1.165) is 29.5 Å². The lowest BCUT2D eigenvalue weighted by molar-refractivity contribution is 0.0958. The predicted molar refractivity (Wildman–Crippen MR) is 77.3 cm³/mol. The number of rotatable bonds is 6. The number of aliphatic hydroxyl groups is 1. The molecule has 0 radical (unpaired) electrons. The van der Waals surface area contributed by atoms with Gasteiger partial charge in [-0.1, -0.05) is 0 Å². The molecule has 0 atom stereocenters. The summed E-state index contributed by atoms with van der Waals surface area (Å²) < 4.78 is 0. The first-order chi connectivity index (χ1) is 9.24. The molecule has 5 nitrogen and oxygen atoms in total. The number of carbonyl (C=O) groups excluding carboxylic acids is 1. The second kappa shape index (κ2) is 6.49. The van der Waals surface area contributed by atoms with Gasteiger partial charge < -0.3 is 16.2 Å². The van der Waals surface area contributed by atoms with Crippen LogP contribution in [0.5, 0.6) is 0 Å². The highest BCUT2D eigenvalue weighted by molar-refractivity contribution is 7.21. The molecule has 0 fully saturated rings. The van der Waals surface area contributed by atoms with E-state index in [0.29, 0.717) is 17.1 Å². The molecule has 4 N–H and O–H groups in total. The van der Waals surface area contributed by atoms with Crippen molar-refractivity contribution in [3.05, 3.63) is 23.2 Å². The number of aromatic nitrogens is 1. The summed E-state index contributed by atoms with van der Waals surface area (Å²) in [6.07, 6.45) is 4.22. The Kier molecular flexibility index (Phi) is 4.70. The molecule has 6 heteroatoms. The smallest absolute Gasteiger partial charge is 0.263 e. The van der Waals surface area contributed by atoms with E-state index in [2.05, 4.69) is 10.3 Å². The molecule has 2 aromatic heterocycles. The van der Waals surface area contributed by atoms with Gasteiger partial charge in [0, 0.05) is 24.7 Å². The number of nitrogens with zero attached hydrogens (tertiary/aromatic N) is 1. The van der Waals surface area contributed by atoms with Crippen molar-refractivity contribution in [1.82, 2.24) is 10.3 Å². The average molecular weight is 279 g/mol. The second-order valence-corrected chi connectivity index (χ2v) is 5.24. The van der Waals surface area contributed by atoms with Gasteiger partial charge in [0.05, 0.1) is 5.69 Å². The summed E-state index contributed by atoms with van der Waals surface area (Å²) in [6, 6.07) is 3.67. The topological polar surface area (TPSA) is 88.2 Å². The molecular weight excluding hydrogens is 262 g/mol. The van der Waals surface area contributed by atoms with E-state index in [-0.39, 0.29) is 12.5 Å². The van der Waals surface area contributed by atoms with E-state index < -0.39 is 0 Å². The molecule has 0 saturated heterocycles. The largest absolute Gasteiger partial charge is 0.397 e. The first-order valence-corrected chi connectivity index (χ1v) is 7.07. The van der Waals surface area contributed by atoms with Crippen molar-refractivity contribution in [3.63, 3.8) is 0 Å². The average Bonchev–Trinajstić information content (AvgIpc) is 2.76. The van der Waals surface area contributed by atoms with Crippen LogP contribution in [0.15, 0.2) is 18.3 Å². The number of hydrogen-bond acceptors (Lipinski definition) is 5. The molecule has 0 aliphatic heterocycles. The normalized spacial score (nSPS) is 10.8. The Balaban J connectivity index is 1.99. The van der Waals surface area contributed by atoms with E-state index in [1.54, 1.807) is 6.20 Å². The summed E-state index contributed by atoms with van der Waals surface area (Å²) in [5.41, 5.74) is 6.47. The van der Waals surface area contributed by atoms with Gasteiger partial charge in [-0.2, -0.15) is 0 Å². The van der Waals surface area contributed by atoms with Gasteiger partial charge in [-0.25, -0.2) is 4.98 Å². The van der Waals surface area contributed by atoms with Crippen LogP contribution in [-0.4, -0.2) is 29.1 Å². The number of amides is 1. The van der Waals surface area contributed by atoms with Crippen molar-refractivity contribution >= 4 is 33.1 Å². The summed E-state index contributed by atoms with van der Waals surface area (Å²) in [6.45, 7) is 0.794. The van der Waals surface area contributed by atoms with Crippen molar-refractivity contribution in [2.24, 2.45) is 0 Å². The van der Waals surface area contributed by atoms with Gasteiger partial charge >= 0.3 is 0 Å². The number of aliphatic hydroxyl groups excluding tert-OH is 1. The number of thiophene rings is 1. The Morgan fingerprint density at radius 3 is 3.00 bits per heavy atom. The van der Waals surface area contributed by atoms with E-state index in [1.807, 2.05) is 12.1 Å². The minimum Gasteiger partial charge on any atom is -0.397 e. The molecule has 102 valence electrons. The predicted octanol–water partition coefficient (Wildman–Crippen LogP) is 1.77. The van der Waals surface area contributed by atoms with E-state index in [1.165, 1.54) is 11.3 Å². The number of nitrogens with one attached hydrogen (secondary N) is 1. The van der Waals surface area contributed by atoms with Crippen LogP contribution in [0.4, 0.5) is 5.69 Å². The molecule has 0 aliphatic carbocycles. The highest BCUT2D eigenvalue weighted by atomic mass is 32.1. The third-order valence-corrected chi connectivity index (χ3v) is 3.96. The Morgan fingerprint density at radius 2 is 2.26 bits per heavy atom. The molecule has 0 bridgehead atoms. The van der Waals surface area contributed by atoms with Crippen LogP contribution in [0.2, 0.25) is 0 Å². The van der Waals surface area contributed by atoms with Gasteiger partial charge in [0.1, 0.15) is 9.71 Å². The number of nitrogen functional groups attached to an aromatic ring is 1. The molecule has 1 amide bonds. The maximum atomic E-state index is 12.0. The summed E-state index contributed by atoms with van der Waals surface area (Å²) in [5.74, 6) is -0.149. The molecule has 2 heterocycles. The first kappa shape index (κ1) is 13.8. The van der Waals surface area contributed by atoms with Gasteiger partial charge in [-0.15, -0.1) is 11.3 Å². The zero-order valence-corrected chi connectivity index (χ0v) is 11.4.